The molecule has 0 saturated heterocycles. The molecular formula is C15H15ClFN. The SMILES string of the molecule is CNC(c1cccc(Cl)c1)c1ccc(F)cc1C. The summed E-state index contributed by atoms with van der Waals surface area (Å²) >= 11 is 6.01. The van der Waals surface area contributed by atoms with Crippen LogP contribution in [0.4, 0.5) is 4.39 Å². The first-order valence-corrected chi connectivity index (χ1v) is 6.18. The van der Waals surface area contributed by atoms with Crippen LogP contribution in [0.5, 0.6) is 0 Å². The number of rotatable bonds is 3. The summed E-state index contributed by atoms with van der Waals surface area (Å²) in [7, 11) is 1.88. The van der Waals surface area contributed by atoms with Gasteiger partial charge >= 0.3 is 0 Å². The van der Waals surface area contributed by atoms with E-state index in [-0.39, 0.29) is 11.9 Å². The number of aryl methyl sites for hydroxylation is 1. The van der Waals surface area contributed by atoms with E-state index < -0.39 is 0 Å². The maximum Gasteiger partial charge on any atom is 0.123 e. The highest BCUT2D eigenvalue weighted by Crippen LogP contribution is 2.26. The molecule has 0 aliphatic heterocycles. The molecule has 0 aliphatic carbocycles. The highest BCUT2D eigenvalue weighted by molar-refractivity contribution is 6.30. The lowest BCUT2D eigenvalue weighted by Gasteiger charge is -2.19. The number of halogens is 2. The van der Waals surface area contributed by atoms with E-state index in [0.717, 1.165) is 16.7 Å². The molecular weight excluding hydrogens is 249 g/mol. The molecule has 0 bridgehead atoms. The van der Waals surface area contributed by atoms with Gasteiger partial charge in [-0.1, -0.05) is 29.8 Å². The summed E-state index contributed by atoms with van der Waals surface area (Å²) in [5.41, 5.74) is 3.05. The minimum Gasteiger partial charge on any atom is -0.309 e. The predicted octanol–water partition coefficient (Wildman–Crippen LogP) is 4.10. The van der Waals surface area contributed by atoms with Gasteiger partial charge in [-0.05, 0) is 54.9 Å². The van der Waals surface area contributed by atoms with Gasteiger partial charge in [0.1, 0.15) is 5.82 Å². The van der Waals surface area contributed by atoms with E-state index in [9.17, 15) is 4.39 Å². The molecule has 1 N–H and O–H groups in total. The van der Waals surface area contributed by atoms with Gasteiger partial charge in [0.15, 0.2) is 0 Å². The van der Waals surface area contributed by atoms with Gasteiger partial charge in [-0.3, -0.25) is 0 Å². The van der Waals surface area contributed by atoms with E-state index in [0.29, 0.717) is 5.02 Å². The molecule has 3 heteroatoms. The topological polar surface area (TPSA) is 12.0 Å². The van der Waals surface area contributed by atoms with Crippen LogP contribution in [0.15, 0.2) is 42.5 Å². The smallest absolute Gasteiger partial charge is 0.123 e. The molecule has 0 fully saturated rings. The third-order valence-electron chi connectivity index (χ3n) is 3.01. The van der Waals surface area contributed by atoms with Gasteiger partial charge in [-0.15, -0.1) is 0 Å². The van der Waals surface area contributed by atoms with E-state index in [1.807, 2.05) is 44.3 Å². The first-order chi connectivity index (χ1) is 8.61. The Balaban J connectivity index is 2.45. The van der Waals surface area contributed by atoms with Gasteiger partial charge in [0.25, 0.3) is 0 Å². The van der Waals surface area contributed by atoms with Crippen molar-refractivity contribution in [1.82, 2.24) is 5.32 Å². The Labute approximate surface area is 112 Å². The first-order valence-electron chi connectivity index (χ1n) is 5.80. The molecule has 0 heterocycles. The fraction of sp³-hybridized carbons (Fsp3) is 0.200. The summed E-state index contributed by atoms with van der Waals surface area (Å²) in [4.78, 5) is 0. The van der Waals surface area contributed by atoms with Gasteiger partial charge in [-0.2, -0.15) is 0 Å². The summed E-state index contributed by atoms with van der Waals surface area (Å²) in [6, 6.07) is 12.6. The molecule has 0 aliphatic rings. The van der Waals surface area contributed by atoms with Crippen molar-refractivity contribution >= 4 is 11.6 Å². The van der Waals surface area contributed by atoms with Gasteiger partial charge in [0, 0.05) is 5.02 Å². The Morgan fingerprint density at radius 2 is 1.94 bits per heavy atom. The Bertz CT molecular complexity index is 554. The van der Waals surface area contributed by atoms with Crippen LogP contribution in [-0.2, 0) is 0 Å². The zero-order chi connectivity index (χ0) is 13.1. The maximum absolute atomic E-state index is 13.1. The van der Waals surface area contributed by atoms with E-state index in [2.05, 4.69) is 5.32 Å². The highest BCUT2D eigenvalue weighted by Gasteiger charge is 2.14. The molecule has 0 amide bonds. The minimum atomic E-state index is -0.211. The van der Waals surface area contributed by atoms with E-state index >= 15 is 0 Å². The van der Waals surface area contributed by atoms with Gasteiger partial charge < -0.3 is 5.32 Å². The van der Waals surface area contributed by atoms with Gasteiger partial charge in [0.05, 0.1) is 6.04 Å². The van der Waals surface area contributed by atoms with Crippen molar-refractivity contribution in [3.8, 4) is 0 Å². The second-order valence-corrected chi connectivity index (χ2v) is 4.71. The van der Waals surface area contributed by atoms with Crippen molar-refractivity contribution < 1.29 is 4.39 Å². The van der Waals surface area contributed by atoms with Crippen molar-refractivity contribution in [2.45, 2.75) is 13.0 Å². The quantitative estimate of drug-likeness (QED) is 0.879. The highest BCUT2D eigenvalue weighted by atomic mass is 35.5. The molecule has 0 radical (unpaired) electrons. The second kappa shape index (κ2) is 5.51. The largest absolute Gasteiger partial charge is 0.309 e. The van der Waals surface area contributed by atoms with Crippen molar-refractivity contribution in [1.29, 1.82) is 0 Å². The van der Waals surface area contributed by atoms with Crippen LogP contribution in [-0.4, -0.2) is 7.05 Å². The Hall–Kier alpha value is -1.38. The van der Waals surface area contributed by atoms with Crippen molar-refractivity contribution in [2.75, 3.05) is 7.05 Å². The fourth-order valence-corrected chi connectivity index (χ4v) is 2.35. The van der Waals surface area contributed by atoms with Crippen LogP contribution in [0.2, 0.25) is 5.02 Å². The number of nitrogens with one attached hydrogen (secondary N) is 1. The Morgan fingerprint density at radius 1 is 1.17 bits per heavy atom. The second-order valence-electron chi connectivity index (χ2n) is 4.28. The molecule has 2 aromatic carbocycles. The van der Waals surface area contributed by atoms with Crippen LogP contribution in [0, 0.1) is 12.7 Å². The molecule has 0 saturated carbocycles. The Morgan fingerprint density at radius 3 is 2.56 bits per heavy atom. The lowest BCUT2D eigenvalue weighted by atomic mass is 9.95. The summed E-state index contributed by atoms with van der Waals surface area (Å²) in [5, 5.41) is 3.94. The number of hydrogen-bond acceptors (Lipinski definition) is 1. The minimum absolute atomic E-state index is 0.0179. The lowest BCUT2D eigenvalue weighted by molar-refractivity contribution is 0.621. The molecule has 0 spiro atoms. The number of benzene rings is 2. The zero-order valence-electron chi connectivity index (χ0n) is 10.4. The molecule has 94 valence electrons. The summed E-state index contributed by atoms with van der Waals surface area (Å²) in [6.45, 7) is 1.91. The van der Waals surface area contributed by atoms with E-state index in [1.54, 1.807) is 6.07 Å². The monoisotopic (exact) mass is 263 g/mol. The molecule has 2 aromatic rings. The maximum atomic E-state index is 13.1. The zero-order valence-corrected chi connectivity index (χ0v) is 11.1. The van der Waals surface area contributed by atoms with Crippen LogP contribution in [0.25, 0.3) is 0 Å². The van der Waals surface area contributed by atoms with Gasteiger partial charge in [0.2, 0.25) is 0 Å². The third-order valence-corrected chi connectivity index (χ3v) is 3.25. The van der Waals surface area contributed by atoms with Crippen LogP contribution in [0.1, 0.15) is 22.7 Å². The van der Waals surface area contributed by atoms with Crippen molar-refractivity contribution in [3.05, 3.63) is 70.0 Å². The molecule has 2 rings (SSSR count). The molecule has 18 heavy (non-hydrogen) atoms. The summed E-state index contributed by atoms with van der Waals surface area (Å²) < 4.78 is 13.1. The van der Waals surface area contributed by atoms with Crippen molar-refractivity contribution in [3.63, 3.8) is 0 Å². The average Bonchev–Trinajstić information content (AvgIpc) is 2.33. The van der Waals surface area contributed by atoms with Crippen LogP contribution < -0.4 is 5.32 Å². The first kappa shape index (κ1) is 13.1. The summed E-state index contributed by atoms with van der Waals surface area (Å²) in [6.07, 6.45) is 0. The molecule has 1 unspecified atom stereocenters. The standard InChI is InChI=1S/C15H15ClFN/c1-10-8-13(17)6-7-14(10)15(18-2)11-4-3-5-12(16)9-11/h3-9,15,18H,1-2H3. The van der Waals surface area contributed by atoms with E-state index in [4.69, 9.17) is 11.6 Å². The molecule has 0 aromatic heterocycles. The van der Waals surface area contributed by atoms with Crippen LogP contribution in [0.3, 0.4) is 0 Å². The normalized spacial score (nSPS) is 12.4. The number of hydrogen-bond donors (Lipinski definition) is 1. The fourth-order valence-electron chi connectivity index (χ4n) is 2.15. The van der Waals surface area contributed by atoms with Gasteiger partial charge in [-0.25, -0.2) is 4.39 Å². The predicted molar refractivity (Wildman–Crippen MR) is 73.5 cm³/mol. The Kier molecular flexibility index (Phi) is 4.00. The summed E-state index contributed by atoms with van der Waals surface area (Å²) in [5.74, 6) is -0.211. The average molecular weight is 264 g/mol. The van der Waals surface area contributed by atoms with E-state index in [1.165, 1.54) is 6.07 Å². The molecule has 1 nitrogen and oxygen atoms in total. The lowest BCUT2D eigenvalue weighted by Crippen LogP contribution is -2.18. The third kappa shape index (κ3) is 2.71. The van der Waals surface area contributed by atoms with Crippen LogP contribution >= 0.6 is 11.6 Å². The molecule has 1 atom stereocenters. The van der Waals surface area contributed by atoms with Crippen molar-refractivity contribution in [2.24, 2.45) is 0 Å².